The average Bonchev–Trinajstić information content (AvgIpc) is 2.67. The fourth-order valence-electron chi connectivity index (χ4n) is 3.33. The lowest BCUT2D eigenvalue weighted by Gasteiger charge is -2.34. The standard InChI is InChI=1S/C21H21ClFNO3/c22-17-12-14(8-9-18(17)23)20-13-24(10-11-26-20)21(25)16-6-1-2-7-19(16)27-15-4-3-5-15/h1-2,6-9,12,15,20H,3-5,10-11,13H2. The Morgan fingerprint density at radius 2 is 2.04 bits per heavy atom. The third-order valence-electron chi connectivity index (χ3n) is 5.13. The molecule has 6 heteroatoms. The first-order valence-electron chi connectivity index (χ1n) is 9.23. The fraction of sp³-hybridized carbons (Fsp3) is 0.381. The van der Waals surface area contributed by atoms with Crippen LogP contribution in [0, 0.1) is 5.82 Å². The molecule has 142 valence electrons. The Hall–Kier alpha value is -2.11. The zero-order valence-corrected chi connectivity index (χ0v) is 15.6. The Labute approximate surface area is 162 Å². The van der Waals surface area contributed by atoms with Crippen LogP contribution >= 0.6 is 11.6 Å². The molecule has 0 aromatic heterocycles. The summed E-state index contributed by atoms with van der Waals surface area (Å²) < 4.78 is 25.2. The molecule has 1 atom stereocenters. The van der Waals surface area contributed by atoms with Crippen molar-refractivity contribution in [2.75, 3.05) is 19.7 Å². The number of halogens is 2. The predicted molar refractivity (Wildman–Crippen MR) is 101 cm³/mol. The van der Waals surface area contributed by atoms with Crippen LogP contribution in [0.3, 0.4) is 0 Å². The summed E-state index contributed by atoms with van der Waals surface area (Å²) in [7, 11) is 0. The highest BCUT2D eigenvalue weighted by atomic mass is 35.5. The van der Waals surface area contributed by atoms with Crippen molar-refractivity contribution in [3.63, 3.8) is 0 Å². The molecular formula is C21H21ClFNO3. The van der Waals surface area contributed by atoms with Gasteiger partial charge in [-0.3, -0.25) is 4.79 Å². The number of rotatable bonds is 4. The number of para-hydroxylation sites is 1. The van der Waals surface area contributed by atoms with Crippen LogP contribution in [0.5, 0.6) is 5.75 Å². The van der Waals surface area contributed by atoms with E-state index in [0.717, 1.165) is 18.4 Å². The van der Waals surface area contributed by atoms with Gasteiger partial charge in [-0.05, 0) is 49.1 Å². The van der Waals surface area contributed by atoms with Crippen LogP contribution in [0.4, 0.5) is 4.39 Å². The maximum absolute atomic E-state index is 13.4. The molecule has 1 heterocycles. The first-order chi connectivity index (χ1) is 13.1. The van der Waals surface area contributed by atoms with Gasteiger partial charge in [0.1, 0.15) is 17.7 Å². The molecule has 1 saturated carbocycles. The van der Waals surface area contributed by atoms with Crippen molar-refractivity contribution in [2.24, 2.45) is 0 Å². The van der Waals surface area contributed by atoms with Gasteiger partial charge in [-0.1, -0.05) is 29.8 Å². The summed E-state index contributed by atoms with van der Waals surface area (Å²) in [6.45, 7) is 1.30. The van der Waals surface area contributed by atoms with Crippen LogP contribution in [0.2, 0.25) is 5.02 Å². The molecule has 27 heavy (non-hydrogen) atoms. The van der Waals surface area contributed by atoms with Crippen LogP contribution in [0.25, 0.3) is 0 Å². The molecule has 0 N–H and O–H groups in total. The fourth-order valence-corrected chi connectivity index (χ4v) is 3.52. The number of morpholine rings is 1. The minimum atomic E-state index is -0.466. The van der Waals surface area contributed by atoms with E-state index in [1.807, 2.05) is 18.2 Å². The average molecular weight is 390 g/mol. The Bertz CT molecular complexity index is 840. The maximum Gasteiger partial charge on any atom is 0.257 e. The number of hydrogen-bond acceptors (Lipinski definition) is 3. The van der Waals surface area contributed by atoms with Gasteiger partial charge in [-0.2, -0.15) is 0 Å². The summed E-state index contributed by atoms with van der Waals surface area (Å²) >= 11 is 5.89. The summed E-state index contributed by atoms with van der Waals surface area (Å²) in [6, 6.07) is 11.9. The Kier molecular flexibility index (Phi) is 5.32. The summed E-state index contributed by atoms with van der Waals surface area (Å²) in [5.74, 6) is 0.0951. The van der Waals surface area contributed by atoms with Crippen molar-refractivity contribution >= 4 is 17.5 Å². The minimum absolute atomic E-state index is 0.0544. The van der Waals surface area contributed by atoms with E-state index < -0.39 is 5.82 Å². The van der Waals surface area contributed by atoms with Gasteiger partial charge in [-0.15, -0.1) is 0 Å². The minimum Gasteiger partial charge on any atom is -0.490 e. The van der Waals surface area contributed by atoms with Crippen molar-refractivity contribution in [1.82, 2.24) is 4.90 Å². The zero-order valence-electron chi connectivity index (χ0n) is 14.9. The second-order valence-electron chi connectivity index (χ2n) is 6.95. The maximum atomic E-state index is 13.4. The van der Waals surface area contributed by atoms with E-state index in [0.29, 0.717) is 31.0 Å². The Morgan fingerprint density at radius 1 is 1.22 bits per heavy atom. The molecule has 4 nitrogen and oxygen atoms in total. The quantitative estimate of drug-likeness (QED) is 0.765. The van der Waals surface area contributed by atoms with E-state index >= 15 is 0 Å². The SMILES string of the molecule is O=C(c1ccccc1OC1CCC1)N1CCOC(c2ccc(F)c(Cl)c2)C1. The second kappa shape index (κ2) is 7.87. The first kappa shape index (κ1) is 18.3. The normalized spacial score (nSPS) is 20.2. The van der Waals surface area contributed by atoms with Crippen LogP contribution in [0.15, 0.2) is 42.5 Å². The number of nitrogens with zero attached hydrogens (tertiary/aromatic N) is 1. The van der Waals surface area contributed by atoms with Crippen molar-refractivity contribution < 1.29 is 18.7 Å². The highest BCUT2D eigenvalue weighted by molar-refractivity contribution is 6.30. The van der Waals surface area contributed by atoms with E-state index in [9.17, 15) is 9.18 Å². The lowest BCUT2D eigenvalue weighted by atomic mass is 9.96. The van der Waals surface area contributed by atoms with Crippen LogP contribution in [-0.2, 0) is 4.74 Å². The molecule has 0 bridgehead atoms. The highest BCUT2D eigenvalue weighted by Gasteiger charge is 2.29. The number of benzene rings is 2. The smallest absolute Gasteiger partial charge is 0.257 e. The van der Waals surface area contributed by atoms with Crippen LogP contribution < -0.4 is 4.74 Å². The summed E-state index contributed by atoms with van der Waals surface area (Å²) in [5, 5.41) is 0.0544. The van der Waals surface area contributed by atoms with Gasteiger partial charge in [0, 0.05) is 6.54 Å². The van der Waals surface area contributed by atoms with E-state index in [1.54, 1.807) is 23.1 Å². The summed E-state index contributed by atoms with van der Waals surface area (Å²) in [4.78, 5) is 14.9. The highest BCUT2D eigenvalue weighted by Crippen LogP contribution is 2.30. The largest absolute Gasteiger partial charge is 0.490 e. The molecule has 4 rings (SSSR count). The molecule has 2 aromatic carbocycles. The molecular weight excluding hydrogens is 369 g/mol. The molecule has 1 aliphatic carbocycles. The van der Waals surface area contributed by atoms with E-state index in [2.05, 4.69) is 0 Å². The van der Waals surface area contributed by atoms with Gasteiger partial charge >= 0.3 is 0 Å². The van der Waals surface area contributed by atoms with E-state index in [4.69, 9.17) is 21.1 Å². The molecule has 2 aliphatic rings. The summed E-state index contributed by atoms with van der Waals surface area (Å²) in [5.41, 5.74) is 1.33. The lowest BCUT2D eigenvalue weighted by Crippen LogP contribution is -2.42. The monoisotopic (exact) mass is 389 g/mol. The molecule has 1 saturated heterocycles. The predicted octanol–water partition coefficient (Wildman–Crippen LogP) is 4.62. The molecule has 2 aromatic rings. The summed E-state index contributed by atoms with van der Waals surface area (Å²) in [6.07, 6.45) is 3.12. The number of hydrogen-bond donors (Lipinski definition) is 0. The number of ether oxygens (including phenoxy) is 2. The van der Waals surface area contributed by atoms with Gasteiger partial charge in [0.15, 0.2) is 0 Å². The van der Waals surface area contributed by atoms with Crippen LogP contribution in [-0.4, -0.2) is 36.6 Å². The number of carbonyl (C=O) groups is 1. The van der Waals surface area contributed by atoms with E-state index in [1.165, 1.54) is 12.5 Å². The number of carbonyl (C=O) groups excluding carboxylic acids is 1. The van der Waals surface area contributed by atoms with E-state index in [-0.39, 0.29) is 23.1 Å². The second-order valence-corrected chi connectivity index (χ2v) is 7.36. The van der Waals surface area contributed by atoms with Crippen molar-refractivity contribution in [3.8, 4) is 5.75 Å². The van der Waals surface area contributed by atoms with Crippen LogP contribution in [0.1, 0.15) is 41.3 Å². The molecule has 0 radical (unpaired) electrons. The zero-order chi connectivity index (χ0) is 18.8. The van der Waals surface area contributed by atoms with Gasteiger partial charge in [0.2, 0.25) is 0 Å². The van der Waals surface area contributed by atoms with Crippen molar-refractivity contribution in [2.45, 2.75) is 31.5 Å². The molecule has 1 amide bonds. The van der Waals surface area contributed by atoms with Crippen molar-refractivity contribution in [3.05, 3.63) is 64.4 Å². The number of amides is 1. The Balaban J connectivity index is 1.51. The molecule has 1 aliphatic heterocycles. The molecule has 2 fully saturated rings. The van der Waals surface area contributed by atoms with Gasteiger partial charge in [0.05, 0.1) is 29.8 Å². The van der Waals surface area contributed by atoms with Gasteiger partial charge in [0.25, 0.3) is 5.91 Å². The lowest BCUT2D eigenvalue weighted by molar-refractivity contribution is -0.0230. The molecule has 0 spiro atoms. The van der Waals surface area contributed by atoms with Crippen molar-refractivity contribution in [1.29, 1.82) is 0 Å². The van der Waals surface area contributed by atoms with Gasteiger partial charge in [-0.25, -0.2) is 4.39 Å². The topological polar surface area (TPSA) is 38.8 Å². The third-order valence-corrected chi connectivity index (χ3v) is 5.42. The first-order valence-corrected chi connectivity index (χ1v) is 9.61. The third kappa shape index (κ3) is 3.94. The van der Waals surface area contributed by atoms with Gasteiger partial charge < -0.3 is 14.4 Å². The molecule has 1 unspecified atom stereocenters. The Morgan fingerprint density at radius 3 is 2.78 bits per heavy atom.